The summed E-state index contributed by atoms with van der Waals surface area (Å²) in [5.74, 6) is -0.339. The summed E-state index contributed by atoms with van der Waals surface area (Å²) < 4.78 is 0. The molecule has 10 rings (SSSR count). The predicted molar refractivity (Wildman–Crippen MR) is 284 cm³/mol. The van der Waals surface area contributed by atoms with Crippen LogP contribution < -0.4 is 23.3 Å². The third kappa shape index (κ3) is 11.0. The summed E-state index contributed by atoms with van der Waals surface area (Å²) in [4.78, 5) is 31.4. The van der Waals surface area contributed by atoms with Crippen molar-refractivity contribution in [1.29, 1.82) is 10.5 Å². The average Bonchev–Trinajstić information content (AvgIpc) is 4.16. The first-order chi connectivity index (χ1) is 31.5. The Morgan fingerprint density at radius 2 is 1.00 bits per heavy atom. The number of hydrogen-bond acceptors (Lipinski definition) is 10. The van der Waals surface area contributed by atoms with Gasteiger partial charge in [0.15, 0.2) is 0 Å². The van der Waals surface area contributed by atoms with E-state index < -0.39 is 11.9 Å². The van der Waals surface area contributed by atoms with Gasteiger partial charge in [-0.3, -0.25) is 10.0 Å². The first-order valence-corrected chi connectivity index (χ1v) is 40.8. The van der Waals surface area contributed by atoms with E-state index in [1.807, 2.05) is 36.4 Å². The number of fused-ring (bicyclic) bond motifs is 6. The molecule has 0 unspecified atom stereocenters. The summed E-state index contributed by atoms with van der Waals surface area (Å²) in [7, 11) is 0. The Labute approximate surface area is 441 Å². The number of nitrogens with zero attached hydrogens (tertiary/aromatic N) is 8. The molecule has 0 saturated heterocycles. The van der Waals surface area contributed by atoms with Crippen LogP contribution in [0.15, 0.2) is 70.9 Å². The van der Waals surface area contributed by atoms with Crippen LogP contribution in [-0.2, 0) is 12.8 Å². The van der Waals surface area contributed by atoms with Gasteiger partial charge in [0, 0.05) is 60.2 Å². The van der Waals surface area contributed by atoms with Crippen LogP contribution in [-0.4, -0.2) is 55.6 Å². The van der Waals surface area contributed by atoms with Gasteiger partial charge in [0.25, 0.3) is 0 Å². The minimum absolute atomic E-state index is 0.0777. The molecule has 2 N–H and O–H groups in total. The fourth-order valence-corrected chi connectivity index (χ4v) is 11.0. The molecule has 2 saturated carbocycles. The van der Waals surface area contributed by atoms with Gasteiger partial charge in [-0.25, -0.2) is 19.6 Å². The fraction of sp³-hybridized carbons (Fsp3) is 0.391. The maximum Gasteiger partial charge on any atom is 0.354 e. The molecular weight excluding hydrogens is 1430 g/mol. The molecule has 0 amide bonds. The number of pyridine rings is 2. The number of carboxylic acid groups (broad SMARTS) is 2. The molecule has 6 aliphatic rings. The minimum atomic E-state index is -1.01. The van der Waals surface area contributed by atoms with Crippen molar-refractivity contribution in [1.82, 2.24) is 9.97 Å². The summed E-state index contributed by atoms with van der Waals surface area (Å²) in [5, 5.41) is 52.1. The Morgan fingerprint density at radius 1 is 0.631 bits per heavy atom. The molecule has 65 heavy (non-hydrogen) atoms. The van der Waals surface area contributed by atoms with E-state index in [0.29, 0.717) is 46.3 Å². The topological polar surface area (TPSA) is 179 Å². The molecule has 4 aliphatic carbocycles. The number of hydrazone groups is 2. The van der Waals surface area contributed by atoms with E-state index in [1.165, 1.54) is 51.4 Å². The van der Waals surface area contributed by atoms with E-state index in [2.05, 4.69) is 107 Å². The number of aryl methyl sites for hydroxylation is 2. The smallest absolute Gasteiger partial charge is 0.354 e. The largest absolute Gasteiger partial charge is 0.477 e. The molecule has 2 aliphatic heterocycles. The van der Waals surface area contributed by atoms with Crippen molar-refractivity contribution in [2.45, 2.75) is 89.1 Å². The van der Waals surface area contributed by atoms with Gasteiger partial charge in [-0.15, -0.1) is 0 Å². The number of halogens is 7. The maximum atomic E-state index is 11.3. The molecule has 0 spiro atoms. The second kappa shape index (κ2) is 23.4. The van der Waals surface area contributed by atoms with E-state index >= 15 is 0 Å². The van der Waals surface area contributed by atoms with Crippen LogP contribution in [0.5, 0.6) is 0 Å². The van der Waals surface area contributed by atoms with E-state index in [1.54, 1.807) is 24.3 Å². The Hall–Kier alpha value is -2.17. The Kier molecular flexibility index (Phi) is 18.3. The molecule has 0 radical (unpaired) electrons. The molecule has 4 atom stereocenters. The zero-order valence-electron chi connectivity index (χ0n) is 34.7. The van der Waals surface area contributed by atoms with Crippen molar-refractivity contribution in [2.75, 3.05) is 10.0 Å². The van der Waals surface area contributed by atoms with E-state index in [-0.39, 0.29) is 35.3 Å². The van der Waals surface area contributed by atoms with Gasteiger partial charge in [-0.2, -0.15) is 20.7 Å². The van der Waals surface area contributed by atoms with Crippen molar-refractivity contribution in [2.24, 2.45) is 33.9 Å². The van der Waals surface area contributed by atoms with E-state index in [0.717, 1.165) is 71.0 Å². The number of carboxylic acids is 2. The normalized spacial score (nSPS) is 21.6. The third-order valence-electron chi connectivity index (χ3n) is 13.3. The van der Waals surface area contributed by atoms with Gasteiger partial charge in [0.2, 0.25) is 0 Å². The molecule has 19 heteroatoms. The molecule has 12 nitrogen and oxygen atoms in total. The molecule has 4 heterocycles. The number of anilines is 2. The number of aromatic nitrogens is 2. The zero-order chi connectivity index (χ0) is 46.4. The molecule has 2 aromatic carbocycles. The van der Waals surface area contributed by atoms with Crippen molar-refractivity contribution in [3.63, 3.8) is 0 Å². The average molecular weight is 1480 g/mol. The number of rotatable bonds is 6. The van der Waals surface area contributed by atoms with Crippen molar-refractivity contribution < 1.29 is 33.1 Å². The molecule has 4 aromatic rings. The van der Waals surface area contributed by atoms with Gasteiger partial charge in [-0.1, -0.05) is 48.9 Å². The molecule has 2 aromatic heterocycles. The number of hydrogen-bond donors (Lipinski definition) is 2. The van der Waals surface area contributed by atoms with Gasteiger partial charge in [0.1, 0.15) is 23.5 Å². The standard InChI is InChI=1S/2C23H21ClN4O2.I3.I2/c2*24-18-11-15(6-5-14(18)12-25)28-22(13-3-1-2-4-13)17-8-9-19-16(21(17)27-28)7-10-20(26-19)23(29)30;1-3-2;1-2/h2*5-7,10-11,13,17,22H,1-4,8-9H2,(H,29,30);;/q;;-1;/t2*17-,22-;;/m00../s1. The third-order valence-corrected chi connectivity index (χ3v) is 13.9. The van der Waals surface area contributed by atoms with Crippen LogP contribution in [0.1, 0.15) is 119 Å². The van der Waals surface area contributed by atoms with Crippen LogP contribution in [0.25, 0.3) is 0 Å². The quantitative estimate of drug-likeness (QED) is 0.177. The van der Waals surface area contributed by atoms with Crippen molar-refractivity contribution in [3.05, 3.63) is 116 Å². The van der Waals surface area contributed by atoms with Crippen molar-refractivity contribution >= 4 is 132 Å². The Morgan fingerprint density at radius 3 is 1.32 bits per heavy atom. The number of aromatic carboxylic acids is 2. The summed E-state index contributed by atoms with van der Waals surface area (Å²) in [5.41, 5.74) is 8.41. The summed E-state index contributed by atoms with van der Waals surface area (Å²) >= 11 is 22.2. The minimum Gasteiger partial charge on any atom is -0.477 e. The molecule has 0 bridgehead atoms. The van der Waals surface area contributed by atoms with Crippen LogP contribution in [0, 0.1) is 46.3 Å². The Balaban J connectivity index is 0.000000177. The molecule has 340 valence electrons. The predicted octanol–water partition coefficient (Wildman–Crippen LogP) is 9.85. The fourth-order valence-electron chi connectivity index (χ4n) is 10.6. The van der Waals surface area contributed by atoms with Gasteiger partial charge < -0.3 is 10.2 Å². The zero-order valence-corrected chi connectivity index (χ0v) is 47.0. The summed E-state index contributed by atoms with van der Waals surface area (Å²) in [6.07, 6.45) is 13.0. The van der Waals surface area contributed by atoms with Crippen LogP contribution in [0.3, 0.4) is 0 Å². The van der Waals surface area contributed by atoms with Gasteiger partial charge in [-0.05, 0) is 124 Å². The first-order valence-electron chi connectivity index (χ1n) is 21.2. The van der Waals surface area contributed by atoms with Gasteiger partial charge >= 0.3 is 62.4 Å². The van der Waals surface area contributed by atoms with E-state index in [4.69, 9.17) is 33.4 Å². The molecular formula is C46H42Cl2I5N8O4-. The monoisotopic (exact) mass is 1470 g/mol. The number of nitriles is 2. The van der Waals surface area contributed by atoms with Crippen LogP contribution in [0.2, 0.25) is 10.0 Å². The first kappa shape index (κ1) is 50.7. The van der Waals surface area contributed by atoms with Crippen LogP contribution >= 0.6 is 97.7 Å². The Bertz CT molecular complexity index is 2420. The maximum absolute atomic E-state index is 11.3. The second-order valence-corrected chi connectivity index (χ2v) is 33.7. The van der Waals surface area contributed by atoms with Crippen LogP contribution in [0.4, 0.5) is 11.4 Å². The molecule has 2 fully saturated rings. The summed E-state index contributed by atoms with van der Waals surface area (Å²) in [6.45, 7) is 0. The number of carbonyl (C=O) groups is 2. The summed E-state index contributed by atoms with van der Waals surface area (Å²) in [6, 6.07) is 22.6. The van der Waals surface area contributed by atoms with E-state index in [9.17, 15) is 30.3 Å². The number of benzene rings is 2. The van der Waals surface area contributed by atoms with Crippen molar-refractivity contribution in [3.8, 4) is 12.1 Å². The van der Waals surface area contributed by atoms with Gasteiger partial charge in [0.05, 0.1) is 67.4 Å². The second-order valence-electron chi connectivity index (χ2n) is 16.6. The SMILES string of the molecule is II.I[I-]I.N#Cc1ccc(N2N=C3c4ccc(C(=O)O)nc4CC[C@@H]3[C@@H]2C2CCCC2)cc1Cl.N#Cc1ccc(N2N=C3c4ccc(C(=O)O)nc4CC[C@@H]3[C@@H]2C2CCCC2)cc1Cl.